The highest BCUT2D eigenvalue weighted by Crippen LogP contribution is 2.50. The van der Waals surface area contributed by atoms with Gasteiger partial charge in [0.15, 0.2) is 0 Å². The first-order chi connectivity index (χ1) is 10.8. The molecule has 4 unspecified atom stereocenters. The lowest BCUT2D eigenvalue weighted by Crippen LogP contribution is -2.29. The summed E-state index contributed by atoms with van der Waals surface area (Å²) in [5, 5.41) is 3.64. The third-order valence-electron chi connectivity index (χ3n) is 6.58. The molecule has 22 heavy (non-hydrogen) atoms. The number of unbranched alkanes of at least 4 members (excludes halogenated alkanes) is 5. The monoisotopic (exact) mass is 307 g/mol. The molecule has 0 aromatic heterocycles. The van der Waals surface area contributed by atoms with Gasteiger partial charge in [0.2, 0.25) is 0 Å². The Labute approximate surface area is 140 Å². The van der Waals surface area contributed by atoms with Crippen molar-refractivity contribution < 1.29 is 0 Å². The molecule has 130 valence electrons. The van der Waals surface area contributed by atoms with Gasteiger partial charge in [0.1, 0.15) is 0 Å². The predicted molar refractivity (Wildman–Crippen MR) is 98.2 cm³/mol. The van der Waals surface area contributed by atoms with Gasteiger partial charge in [-0.05, 0) is 50.5 Å². The van der Waals surface area contributed by atoms with E-state index in [1.165, 1.54) is 83.5 Å². The summed E-state index contributed by atoms with van der Waals surface area (Å²) >= 11 is 0. The van der Waals surface area contributed by atoms with Gasteiger partial charge in [0.25, 0.3) is 0 Å². The topological polar surface area (TPSA) is 12.0 Å². The molecule has 2 saturated carbocycles. The van der Waals surface area contributed by atoms with Crippen LogP contribution in [0.25, 0.3) is 0 Å². The van der Waals surface area contributed by atoms with Crippen molar-refractivity contribution in [3.63, 3.8) is 0 Å². The van der Waals surface area contributed by atoms with Crippen LogP contribution in [0.4, 0.5) is 0 Å². The largest absolute Gasteiger partial charge is 0.314 e. The Morgan fingerprint density at radius 1 is 0.818 bits per heavy atom. The highest BCUT2D eigenvalue weighted by Gasteiger charge is 2.51. The lowest BCUT2D eigenvalue weighted by molar-refractivity contribution is 0.424. The maximum Gasteiger partial charge on any atom is 0.0210 e. The predicted octanol–water partition coefficient (Wildman–Crippen LogP) is 6.32. The molecule has 2 aliphatic carbocycles. The van der Waals surface area contributed by atoms with Crippen molar-refractivity contribution in [1.82, 2.24) is 5.32 Å². The second-order valence-electron chi connectivity index (χ2n) is 8.30. The second kappa shape index (κ2) is 9.30. The van der Waals surface area contributed by atoms with Crippen LogP contribution in [0.3, 0.4) is 0 Å². The van der Waals surface area contributed by atoms with Crippen molar-refractivity contribution in [2.24, 2.45) is 17.8 Å². The van der Waals surface area contributed by atoms with Gasteiger partial charge in [-0.25, -0.2) is 0 Å². The van der Waals surface area contributed by atoms with Crippen LogP contribution in [0.15, 0.2) is 0 Å². The molecule has 0 aromatic carbocycles. The minimum absolute atomic E-state index is 0.553. The average Bonchev–Trinajstić information content (AvgIpc) is 3.43. The zero-order chi connectivity index (χ0) is 15.8. The smallest absolute Gasteiger partial charge is 0.0210 e. The van der Waals surface area contributed by atoms with Crippen LogP contribution in [0.2, 0.25) is 0 Å². The third kappa shape index (κ3) is 5.55. The van der Waals surface area contributed by atoms with E-state index in [1.807, 2.05) is 0 Å². The van der Waals surface area contributed by atoms with Crippen LogP contribution >= 0.6 is 0 Å². The van der Waals surface area contributed by atoms with Crippen LogP contribution in [-0.2, 0) is 0 Å². The van der Waals surface area contributed by atoms with E-state index in [0.717, 1.165) is 17.8 Å². The minimum Gasteiger partial charge on any atom is -0.314 e. The van der Waals surface area contributed by atoms with Crippen LogP contribution in [-0.4, -0.2) is 12.6 Å². The van der Waals surface area contributed by atoms with E-state index in [-0.39, 0.29) is 0 Å². The Morgan fingerprint density at radius 2 is 1.45 bits per heavy atom. The summed E-state index contributed by atoms with van der Waals surface area (Å²) in [7, 11) is 2.18. The SMILES string of the molecule is CCCCCCC1CC1CCCCC1CC1(CCCC)NC. The lowest BCUT2D eigenvalue weighted by atomic mass is 10.0. The molecule has 0 radical (unpaired) electrons. The first-order valence-corrected chi connectivity index (χ1v) is 10.4. The molecule has 0 aromatic rings. The molecule has 0 amide bonds. The Kier molecular flexibility index (Phi) is 7.74. The standard InChI is InChI=1S/C21H41N/c1-4-6-8-9-12-18-16-19(18)13-10-11-14-20-17-21(20,22-3)15-7-5-2/h18-20,22H,4-17H2,1-3H3. The number of nitrogens with one attached hydrogen (secondary N) is 1. The molecule has 0 spiro atoms. The molecule has 2 fully saturated rings. The Balaban J connectivity index is 1.44. The first kappa shape index (κ1) is 18.3. The van der Waals surface area contributed by atoms with Crippen LogP contribution in [0.5, 0.6) is 0 Å². The third-order valence-corrected chi connectivity index (χ3v) is 6.58. The fourth-order valence-electron chi connectivity index (χ4n) is 4.64. The molecule has 1 nitrogen and oxygen atoms in total. The number of hydrogen-bond donors (Lipinski definition) is 1. The summed E-state index contributed by atoms with van der Waals surface area (Å²) < 4.78 is 0. The summed E-state index contributed by atoms with van der Waals surface area (Å²) in [6.45, 7) is 4.62. The molecule has 0 bridgehead atoms. The molecule has 0 heterocycles. The highest BCUT2D eigenvalue weighted by molar-refractivity contribution is 5.08. The number of rotatable bonds is 14. The van der Waals surface area contributed by atoms with Gasteiger partial charge in [-0.15, -0.1) is 0 Å². The van der Waals surface area contributed by atoms with E-state index in [1.54, 1.807) is 6.42 Å². The molecular weight excluding hydrogens is 266 g/mol. The van der Waals surface area contributed by atoms with E-state index in [4.69, 9.17) is 0 Å². The summed E-state index contributed by atoms with van der Waals surface area (Å²) in [4.78, 5) is 0. The average molecular weight is 308 g/mol. The summed E-state index contributed by atoms with van der Waals surface area (Å²) in [6.07, 6.45) is 20.5. The molecular formula is C21H41N. The van der Waals surface area contributed by atoms with E-state index >= 15 is 0 Å². The first-order valence-electron chi connectivity index (χ1n) is 10.4. The lowest BCUT2D eigenvalue weighted by Gasteiger charge is -2.16. The highest BCUT2D eigenvalue weighted by atomic mass is 15.0. The summed E-state index contributed by atoms with van der Waals surface area (Å²) in [5.41, 5.74) is 0.553. The molecule has 0 aliphatic heterocycles. The van der Waals surface area contributed by atoms with Gasteiger partial charge in [-0.3, -0.25) is 0 Å². The fourth-order valence-corrected chi connectivity index (χ4v) is 4.64. The Bertz CT molecular complexity index is 300. The van der Waals surface area contributed by atoms with Crippen LogP contribution < -0.4 is 5.32 Å². The number of hydrogen-bond acceptors (Lipinski definition) is 1. The van der Waals surface area contributed by atoms with Crippen molar-refractivity contribution in [2.75, 3.05) is 7.05 Å². The van der Waals surface area contributed by atoms with E-state index in [0.29, 0.717) is 5.54 Å². The molecule has 4 atom stereocenters. The van der Waals surface area contributed by atoms with Crippen molar-refractivity contribution >= 4 is 0 Å². The van der Waals surface area contributed by atoms with Crippen LogP contribution in [0, 0.1) is 17.8 Å². The van der Waals surface area contributed by atoms with Gasteiger partial charge >= 0.3 is 0 Å². The van der Waals surface area contributed by atoms with Gasteiger partial charge in [-0.2, -0.15) is 0 Å². The van der Waals surface area contributed by atoms with Gasteiger partial charge in [-0.1, -0.05) is 78.1 Å². The summed E-state index contributed by atoms with van der Waals surface area (Å²) in [6, 6.07) is 0. The molecule has 1 N–H and O–H groups in total. The second-order valence-corrected chi connectivity index (χ2v) is 8.30. The summed E-state index contributed by atoms with van der Waals surface area (Å²) in [5.74, 6) is 3.24. The molecule has 2 aliphatic rings. The van der Waals surface area contributed by atoms with Crippen molar-refractivity contribution in [3.05, 3.63) is 0 Å². The molecule has 0 saturated heterocycles. The van der Waals surface area contributed by atoms with Gasteiger partial charge < -0.3 is 5.32 Å². The molecule has 1 heteroatoms. The zero-order valence-electron chi connectivity index (χ0n) is 15.6. The van der Waals surface area contributed by atoms with E-state index < -0.39 is 0 Å². The Morgan fingerprint density at radius 3 is 2.09 bits per heavy atom. The normalized spacial score (nSPS) is 33.1. The van der Waals surface area contributed by atoms with Gasteiger partial charge in [0, 0.05) is 5.54 Å². The Hall–Kier alpha value is -0.0400. The zero-order valence-corrected chi connectivity index (χ0v) is 15.6. The van der Waals surface area contributed by atoms with Crippen molar-refractivity contribution in [2.45, 2.75) is 109 Å². The van der Waals surface area contributed by atoms with Crippen molar-refractivity contribution in [1.29, 1.82) is 0 Å². The van der Waals surface area contributed by atoms with E-state index in [2.05, 4.69) is 26.2 Å². The maximum atomic E-state index is 3.64. The maximum absolute atomic E-state index is 3.64. The fraction of sp³-hybridized carbons (Fsp3) is 1.00. The quantitative estimate of drug-likeness (QED) is 0.370. The van der Waals surface area contributed by atoms with Crippen molar-refractivity contribution in [3.8, 4) is 0 Å². The van der Waals surface area contributed by atoms with Gasteiger partial charge in [0.05, 0.1) is 0 Å². The van der Waals surface area contributed by atoms with E-state index in [9.17, 15) is 0 Å². The molecule has 2 rings (SSSR count). The van der Waals surface area contributed by atoms with Crippen LogP contribution in [0.1, 0.15) is 104 Å². The minimum atomic E-state index is 0.553.